The molecule has 3 aliphatic rings. The predicted octanol–water partition coefficient (Wildman–Crippen LogP) is 2.07. The van der Waals surface area contributed by atoms with Crippen molar-refractivity contribution in [1.29, 1.82) is 0 Å². The fourth-order valence-corrected chi connectivity index (χ4v) is 8.36. The highest BCUT2D eigenvalue weighted by atomic mass is 16.7. The fraction of sp³-hybridized carbons (Fsp3) is 0.946. The van der Waals surface area contributed by atoms with Gasteiger partial charge in [-0.15, -0.1) is 0 Å². The van der Waals surface area contributed by atoms with Crippen molar-refractivity contribution in [2.24, 2.45) is 17.8 Å². The molecule has 3 heterocycles. The Bertz CT molecular complexity index is 1150. The number of hydrogen-bond donors (Lipinski definition) is 4. The molecular formula is C37H68N2O12. The van der Waals surface area contributed by atoms with Crippen LogP contribution in [0, 0.1) is 17.8 Å². The summed E-state index contributed by atoms with van der Waals surface area (Å²) in [6.45, 7) is 17.3. The van der Waals surface area contributed by atoms with E-state index in [4.69, 9.17) is 28.4 Å². The van der Waals surface area contributed by atoms with Crippen LogP contribution in [-0.2, 0) is 38.0 Å². The van der Waals surface area contributed by atoms with Crippen LogP contribution in [0.4, 0.5) is 0 Å². The zero-order chi connectivity index (χ0) is 38.8. The molecule has 0 radical (unpaired) electrons. The Morgan fingerprint density at radius 2 is 1.63 bits per heavy atom. The minimum absolute atomic E-state index is 0.0944. The quantitative estimate of drug-likeness (QED) is 0.280. The third-order valence-electron chi connectivity index (χ3n) is 11.4. The van der Waals surface area contributed by atoms with Crippen molar-refractivity contribution >= 4 is 11.9 Å². The molecule has 51 heavy (non-hydrogen) atoms. The Kier molecular flexibility index (Phi) is 14.9. The molecule has 298 valence electrons. The number of hydrogen-bond acceptors (Lipinski definition) is 13. The zero-order valence-electron chi connectivity index (χ0n) is 33.2. The highest BCUT2D eigenvalue weighted by Crippen LogP contribution is 2.40. The Balaban J connectivity index is 2.16. The number of β-amino-alcohol motifs (C(OH)–C–C–N with tert-alkyl or cyclic N) is 1. The summed E-state index contributed by atoms with van der Waals surface area (Å²) in [7, 11) is 5.26. The molecule has 0 saturated carbocycles. The number of aliphatic hydroxyl groups excluding tert-OH is 2. The van der Waals surface area contributed by atoms with Crippen LogP contribution >= 0.6 is 0 Å². The summed E-state index contributed by atoms with van der Waals surface area (Å²) in [5.41, 5.74) is -4.21. The first kappa shape index (κ1) is 43.9. The normalized spacial score (nSPS) is 46.7. The van der Waals surface area contributed by atoms with Gasteiger partial charge in [-0.1, -0.05) is 20.8 Å². The summed E-state index contributed by atoms with van der Waals surface area (Å²) in [5.74, 6) is -2.95. The van der Waals surface area contributed by atoms with Crippen molar-refractivity contribution in [3.05, 3.63) is 0 Å². The van der Waals surface area contributed by atoms with E-state index >= 15 is 0 Å². The van der Waals surface area contributed by atoms with Crippen LogP contribution in [0.1, 0.15) is 94.9 Å². The molecule has 0 aromatic rings. The molecule has 0 unspecified atom stereocenters. The maximum Gasteiger partial charge on any atom is 0.311 e. The maximum absolute atomic E-state index is 14.1. The number of aliphatic hydroxyl groups is 4. The Morgan fingerprint density at radius 3 is 2.18 bits per heavy atom. The van der Waals surface area contributed by atoms with Crippen LogP contribution in [0.2, 0.25) is 0 Å². The van der Waals surface area contributed by atoms with E-state index in [1.165, 1.54) is 18.9 Å². The van der Waals surface area contributed by atoms with Gasteiger partial charge in [-0.05, 0) is 80.8 Å². The Morgan fingerprint density at radius 1 is 1.00 bits per heavy atom. The van der Waals surface area contributed by atoms with E-state index < -0.39 is 83.8 Å². The van der Waals surface area contributed by atoms with Crippen molar-refractivity contribution in [3.8, 4) is 0 Å². The molecule has 14 heteroatoms. The largest absolute Gasteiger partial charge is 0.459 e. The van der Waals surface area contributed by atoms with Gasteiger partial charge in [0.05, 0.1) is 48.1 Å². The lowest BCUT2D eigenvalue weighted by Gasteiger charge is -2.49. The van der Waals surface area contributed by atoms with Gasteiger partial charge in [-0.3, -0.25) is 9.59 Å². The lowest BCUT2D eigenvalue weighted by molar-refractivity contribution is -0.318. The third kappa shape index (κ3) is 10.4. The van der Waals surface area contributed by atoms with Crippen molar-refractivity contribution in [2.45, 2.75) is 173 Å². The number of likely N-dealkylation sites (N-methyl/N-ethyl adjacent to an activating group) is 1. The topological polar surface area (TPSA) is 177 Å². The van der Waals surface area contributed by atoms with Gasteiger partial charge in [0, 0.05) is 39.0 Å². The van der Waals surface area contributed by atoms with Crippen molar-refractivity contribution in [1.82, 2.24) is 9.80 Å². The minimum atomic E-state index is -1.61. The van der Waals surface area contributed by atoms with E-state index in [-0.39, 0.29) is 56.3 Å². The van der Waals surface area contributed by atoms with Crippen LogP contribution in [0.15, 0.2) is 0 Å². The van der Waals surface area contributed by atoms with E-state index in [9.17, 15) is 30.0 Å². The molecule has 0 spiro atoms. The first-order valence-corrected chi connectivity index (χ1v) is 18.6. The van der Waals surface area contributed by atoms with Crippen molar-refractivity contribution in [2.75, 3.05) is 34.3 Å². The number of ether oxygens (including phenoxy) is 6. The first-order chi connectivity index (χ1) is 23.5. The Labute approximate surface area is 305 Å². The highest BCUT2D eigenvalue weighted by Gasteiger charge is 2.52. The Hall–Kier alpha value is -1.46. The highest BCUT2D eigenvalue weighted by molar-refractivity contribution is 5.74. The molecule has 3 rings (SSSR count). The molecule has 16 atom stereocenters. The molecule has 4 N–H and O–H groups in total. The summed E-state index contributed by atoms with van der Waals surface area (Å²) in [5, 5.41) is 46.5. The predicted molar refractivity (Wildman–Crippen MR) is 188 cm³/mol. The minimum Gasteiger partial charge on any atom is -0.459 e. The molecule has 0 aromatic heterocycles. The molecule has 3 aliphatic heterocycles. The molecule has 3 fully saturated rings. The van der Waals surface area contributed by atoms with Crippen LogP contribution in [0.3, 0.4) is 0 Å². The molecule has 0 aliphatic carbocycles. The van der Waals surface area contributed by atoms with Gasteiger partial charge in [-0.25, -0.2) is 0 Å². The summed E-state index contributed by atoms with van der Waals surface area (Å²) in [4.78, 5) is 30.4. The standard InChI is InChI=1S/C37H68N2O12/c1-14-27-36(9,45)19-39(25(7)40)18-20(2)16-35(8,44)32(51-34-29(41)26(38(11)12)15-21(3)47-34)22(4)30(23(5)33(43)49-27)50-28-17-37(10,46-13)31(42)24(6)48-28/h20-24,26-32,34,41-42,44-45H,14-19H2,1-13H3/t20-,21-,22+,23-,24+,26+,27-,28+,29-,30+,31+,32-,34+,35-,36+,37-/m1/s1. The van der Waals surface area contributed by atoms with Gasteiger partial charge in [0.25, 0.3) is 0 Å². The average Bonchev–Trinajstić information content (AvgIpc) is 3.02. The van der Waals surface area contributed by atoms with E-state index in [1.54, 1.807) is 48.5 Å². The number of cyclic esters (lactones) is 1. The number of rotatable bonds is 7. The lowest BCUT2D eigenvalue weighted by atomic mass is 9.77. The van der Waals surface area contributed by atoms with Crippen LogP contribution in [0.25, 0.3) is 0 Å². The molecule has 3 saturated heterocycles. The second-order valence-electron chi connectivity index (χ2n) is 16.6. The second kappa shape index (κ2) is 17.3. The van der Waals surface area contributed by atoms with Crippen molar-refractivity contribution < 1.29 is 58.4 Å². The number of carbonyl (C=O) groups is 2. The van der Waals surface area contributed by atoms with Crippen LogP contribution in [0.5, 0.6) is 0 Å². The third-order valence-corrected chi connectivity index (χ3v) is 11.4. The fourth-order valence-electron chi connectivity index (χ4n) is 8.36. The van der Waals surface area contributed by atoms with Crippen LogP contribution in [-0.4, -0.2) is 155 Å². The van der Waals surface area contributed by atoms with Gasteiger partial charge in [0.2, 0.25) is 5.91 Å². The summed E-state index contributed by atoms with van der Waals surface area (Å²) >= 11 is 0. The lowest BCUT2D eigenvalue weighted by Crippen LogP contribution is -2.61. The monoisotopic (exact) mass is 732 g/mol. The van der Waals surface area contributed by atoms with Gasteiger partial charge < -0.3 is 58.6 Å². The zero-order valence-corrected chi connectivity index (χ0v) is 33.2. The smallest absolute Gasteiger partial charge is 0.311 e. The molecule has 1 amide bonds. The number of methoxy groups -OCH3 is 1. The van der Waals surface area contributed by atoms with E-state index in [0.29, 0.717) is 6.42 Å². The van der Waals surface area contributed by atoms with Crippen molar-refractivity contribution in [3.63, 3.8) is 0 Å². The molecule has 0 aromatic carbocycles. The number of nitrogens with zero attached hydrogens (tertiary/aromatic N) is 2. The number of esters is 1. The average molecular weight is 733 g/mol. The van der Waals surface area contributed by atoms with E-state index in [2.05, 4.69) is 0 Å². The summed E-state index contributed by atoms with van der Waals surface area (Å²) < 4.78 is 37.4. The van der Waals surface area contributed by atoms with Gasteiger partial charge >= 0.3 is 5.97 Å². The van der Waals surface area contributed by atoms with Gasteiger partial charge in [-0.2, -0.15) is 0 Å². The molecule has 0 bridgehead atoms. The maximum atomic E-state index is 14.1. The van der Waals surface area contributed by atoms with E-state index in [1.807, 2.05) is 32.8 Å². The van der Waals surface area contributed by atoms with Crippen LogP contribution < -0.4 is 0 Å². The SMILES string of the molecule is CC[C@H]1OC(=O)[C@H](C)[C@@H](O[C@H]2C[C@@](C)(OC)[C@@H](O)[C@H](C)O2)[C@H](C)[C@@H](O[C@@H]2O[C@H](C)C[C@H](N(C)C)[C@H]2O)[C@](C)(O)C[C@@H](C)CN(C(C)=O)C[C@]1(C)O. The summed E-state index contributed by atoms with van der Waals surface area (Å²) in [6.07, 6.45) is -6.87. The second-order valence-corrected chi connectivity index (χ2v) is 16.6. The van der Waals surface area contributed by atoms with E-state index in [0.717, 1.165) is 0 Å². The number of carbonyl (C=O) groups excluding carboxylic acids is 2. The van der Waals surface area contributed by atoms with Gasteiger partial charge in [0.1, 0.15) is 23.9 Å². The molecule has 14 nitrogen and oxygen atoms in total. The summed E-state index contributed by atoms with van der Waals surface area (Å²) in [6, 6.07) is -0.282. The number of amides is 1. The molecular weight excluding hydrogens is 664 g/mol. The first-order valence-electron chi connectivity index (χ1n) is 18.6. The van der Waals surface area contributed by atoms with Gasteiger partial charge in [0.15, 0.2) is 12.6 Å².